The third kappa shape index (κ3) is 3.88. The lowest BCUT2D eigenvalue weighted by Gasteiger charge is -2.43. The Balaban J connectivity index is 0.00000136. The van der Waals surface area contributed by atoms with Crippen molar-refractivity contribution in [3.05, 3.63) is 68.1 Å². The van der Waals surface area contributed by atoms with Gasteiger partial charge in [0, 0.05) is 55.3 Å². The molecule has 1 fully saturated rings. The zero-order valence-corrected chi connectivity index (χ0v) is 18.5. The van der Waals surface area contributed by atoms with E-state index in [1.807, 2.05) is 10.6 Å². The molecule has 1 saturated heterocycles. The predicted molar refractivity (Wildman–Crippen MR) is 121 cm³/mol. The molecule has 3 aromatic rings. The topological polar surface area (TPSA) is 113 Å². The molecule has 3 aromatic heterocycles. The van der Waals surface area contributed by atoms with E-state index in [2.05, 4.69) is 20.7 Å². The van der Waals surface area contributed by atoms with Crippen LogP contribution in [0, 0.1) is 12.8 Å². The molecule has 0 unspecified atom stereocenters. The van der Waals surface area contributed by atoms with Gasteiger partial charge >= 0.3 is 0 Å². The fraction of sp³-hybridized carbons (Fsp3) is 0.400. The average molecular weight is 467 g/mol. The maximum atomic E-state index is 12.9. The number of H-pyrrole nitrogens is 1. The van der Waals surface area contributed by atoms with Gasteiger partial charge in [-0.05, 0) is 25.3 Å². The van der Waals surface area contributed by atoms with Gasteiger partial charge in [-0.15, -0.1) is 24.8 Å². The van der Waals surface area contributed by atoms with Crippen LogP contribution in [0.15, 0.2) is 40.1 Å². The fourth-order valence-corrected chi connectivity index (χ4v) is 4.72. The Hall–Kier alpha value is -2.62. The molecule has 31 heavy (non-hydrogen) atoms. The van der Waals surface area contributed by atoms with Crippen LogP contribution in [0.25, 0.3) is 5.65 Å². The zero-order chi connectivity index (χ0) is 20.1. The molecule has 0 radical (unpaired) electrons. The minimum Gasteiger partial charge on any atom is -0.350 e. The molecule has 2 bridgehead atoms. The first-order valence-electron chi connectivity index (χ1n) is 9.81. The molecule has 3 atom stereocenters. The zero-order valence-electron chi connectivity index (χ0n) is 16.8. The number of piperidine rings is 1. The van der Waals surface area contributed by atoms with Gasteiger partial charge in [0.05, 0.1) is 6.04 Å². The van der Waals surface area contributed by atoms with E-state index < -0.39 is 0 Å². The van der Waals surface area contributed by atoms with E-state index >= 15 is 0 Å². The van der Waals surface area contributed by atoms with E-state index in [0.29, 0.717) is 29.4 Å². The van der Waals surface area contributed by atoms with Crippen molar-refractivity contribution in [1.29, 1.82) is 0 Å². The summed E-state index contributed by atoms with van der Waals surface area (Å²) in [5, 5.41) is 9.18. The monoisotopic (exact) mass is 466 g/mol. The molecule has 0 spiro atoms. The second kappa shape index (κ2) is 8.86. The minimum atomic E-state index is -0.322. The van der Waals surface area contributed by atoms with Crippen molar-refractivity contribution in [2.75, 3.05) is 19.6 Å². The van der Waals surface area contributed by atoms with Crippen LogP contribution in [0.5, 0.6) is 0 Å². The molecule has 2 aliphatic rings. The van der Waals surface area contributed by atoms with Crippen molar-refractivity contribution >= 4 is 36.4 Å². The summed E-state index contributed by atoms with van der Waals surface area (Å²) < 4.78 is 3.10. The van der Waals surface area contributed by atoms with Crippen molar-refractivity contribution in [2.45, 2.75) is 25.3 Å². The lowest BCUT2D eigenvalue weighted by molar-refractivity contribution is 0.0933. The number of nitrogens with zero attached hydrogens (tertiary/aromatic N) is 3. The lowest BCUT2D eigenvalue weighted by Crippen LogP contribution is -2.50. The Morgan fingerprint density at radius 2 is 2.03 bits per heavy atom. The molecule has 0 saturated carbocycles. The normalized spacial score (nSPS) is 21.5. The third-order valence-corrected chi connectivity index (χ3v) is 6.04. The Kier molecular flexibility index (Phi) is 6.59. The molecule has 1 amide bonds. The quantitative estimate of drug-likeness (QED) is 0.533. The Labute approximate surface area is 190 Å². The Morgan fingerprint density at radius 3 is 2.84 bits per heavy atom. The van der Waals surface area contributed by atoms with Gasteiger partial charge in [0.2, 0.25) is 0 Å². The minimum absolute atomic E-state index is 0. The number of aryl methyl sites for hydroxylation is 1. The average Bonchev–Trinajstić information content (AvgIpc) is 3.13. The molecule has 166 valence electrons. The molecular weight excluding hydrogens is 443 g/mol. The smallest absolute Gasteiger partial charge is 0.272 e. The first-order valence-corrected chi connectivity index (χ1v) is 9.81. The maximum Gasteiger partial charge on any atom is 0.272 e. The highest BCUT2D eigenvalue weighted by Gasteiger charge is 2.37. The highest BCUT2D eigenvalue weighted by atomic mass is 35.5. The van der Waals surface area contributed by atoms with Gasteiger partial charge in [-0.2, -0.15) is 0 Å². The number of carbonyl (C=O) groups is 1. The second-order valence-corrected chi connectivity index (χ2v) is 7.87. The van der Waals surface area contributed by atoms with Gasteiger partial charge < -0.3 is 15.2 Å². The summed E-state index contributed by atoms with van der Waals surface area (Å²) in [7, 11) is 0. The second-order valence-electron chi connectivity index (χ2n) is 7.87. The largest absolute Gasteiger partial charge is 0.350 e. The first kappa shape index (κ1) is 23.1. The van der Waals surface area contributed by atoms with Crippen LogP contribution in [-0.4, -0.2) is 44.7 Å². The van der Waals surface area contributed by atoms with Crippen molar-refractivity contribution in [2.24, 2.45) is 5.92 Å². The number of carbonyl (C=O) groups excluding carboxylic acids is 1. The van der Waals surface area contributed by atoms with E-state index in [-0.39, 0.29) is 53.8 Å². The summed E-state index contributed by atoms with van der Waals surface area (Å²) >= 11 is 0. The lowest BCUT2D eigenvalue weighted by atomic mass is 9.79. The number of hydrogen-bond acceptors (Lipinski definition) is 5. The molecule has 9 nitrogen and oxygen atoms in total. The van der Waals surface area contributed by atoms with Crippen LogP contribution < -0.4 is 21.8 Å². The summed E-state index contributed by atoms with van der Waals surface area (Å²) in [5.74, 6) is 0.271. The van der Waals surface area contributed by atoms with Crippen molar-refractivity contribution in [3.8, 4) is 0 Å². The van der Waals surface area contributed by atoms with Gasteiger partial charge in [0.15, 0.2) is 5.65 Å². The molecule has 5 rings (SSSR count). The summed E-state index contributed by atoms with van der Waals surface area (Å²) in [6, 6.07) is 6.67. The molecule has 11 heteroatoms. The molecular formula is C20H24Cl2N6O3. The predicted octanol–water partition coefficient (Wildman–Crippen LogP) is 1.01. The first-order chi connectivity index (χ1) is 14.0. The van der Waals surface area contributed by atoms with E-state index in [0.717, 1.165) is 25.2 Å². The third-order valence-electron chi connectivity index (χ3n) is 6.04. The van der Waals surface area contributed by atoms with Crippen LogP contribution in [0.2, 0.25) is 0 Å². The van der Waals surface area contributed by atoms with Gasteiger partial charge in [0.1, 0.15) is 5.56 Å². The van der Waals surface area contributed by atoms with Crippen LogP contribution in [0.3, 0.4) is 0 Å². The van der Waals surface area contributed by atoms with Crippen LogP contribution in [-0.2, 0) is 0 Å². The summed E-state index contributed by atoms with van der Waals surface area (Å²) in [4.78, 5) is 41.8. The summed E-state index contributed by atoms with van der Waals surface area (Å²) in [6.07, 6.45) is 2.48. The molecule has 2 aliphatic heterocycles. The number of hydrogen-bond donors (Lipinski definition) is 3. The van der Waals surface area contributed by atoms with Gasteiger partial charge in [-0.25, -0.2) is 9.50 Å². The highest BCUT2D eigenvalue weighted by molar-refractivity contribution is 5.99. The van der Waals surface area contributed by atoms with E-state index in [4.69, 9.17) is 0 Å². The molecule has 0 aromatic carbocycles. The van der Waals surface area contributed by atoms with Crippen LogP contribution in [0.1, 0.15) is 40.1 Å². The molecule has 5 heterocycles. The van der Waals surface area contributed by atoms with Crippen molar-refractivity contribution < 1.29 is 4.79 Å². The summed E-state index contributed by atoms with van der Waals surface area (Å²) in [6.45, 7) is 3.74. The van der Waals surface area contributed by atoms with Gasteiger partial charge in [0.25, 0.3) is 17.0 Å². The fourth-order valence-electron chi connectivity index (χ4n) is 4.72. The number of aromatic nitrogens is 4. The van der Waals surface area contributed by atoms with E-state index in [9.17, 15) is 14.4 Å². The highest BCUT2D eigenvalue weighted by Crippen LogP contribution is 2.38. The standard InChI is InChI=1S/C20H22N6O3.2ClH/c1-11-5-18(28)26-19(24-11)14(9-23-26)20(29)22-10-16-13-6-12(7-21-8-13)15-3-2-4-17(27)25(15)16;;/h2-5,9,12-13,16,21,23H,6-8,10H2,1H3,(H,22,29);2*1H/t12-,13+,16+;;/m1../s1. The summed E-state index contributed by atoms with van der Waals surface area (Å²) in [5.41, 5.74) is 1.88. The SMILES string of the molecule is Cc1cc(=O)n2[nH]cc(C(=O)NC[C@H]3[C@@H]4CNC[C@@H](C4)c4cccc(=O)n43)c2n1.Cl.Cl. The number of fused-ring (bicyclic) bond motifs is 5. The maximum absolute atomic E-state index is 12.9. The van der Waals surface area contributed by atoms with Crippen molar-refractivity contribution in [1.82, 2.24) is 29.8 Å². The van der Waals surface area contributed by atoms with Crippen LogP contribution >= 0.6 is 24.8 Å². The number of rotatable bonds is 3. The number of nitrogens with one attached hydrogen (secondary N) is 3. The van der Waals surface area contributed by atoms with E-state index in [1.165, 1.54) is 16.8 Å². The van der Waals surface area contributed by atoms with E-state index in [1.54, 1.807) is 19.1 Å². The number of pyridine rings is 1. The number of amides is 1. The van der Waals surface area contributed by atoms with Gasteiger partial charge in [-0.1, -0.05) is 6.07 Å². The number of halogens is 2. The van der Waals surface area contributed by atoms with Crippen LogP contribution in [0.4, 0.5) is 0 Å². The molecule has 0 aliphatic carbocycles. The van der Waals surface area contributed by atoms with Crippen molar-refractivity contribution in [3.63, 3.8) is 0 Å². The Bertz CT molecular complexity index is 1230. The Morgan fingerprint density at radius 1 is 1.23 bits per heavy atom. The number of aromatic amines is 1. The van der Waals surface area contributed by atoms with Gasteiger partial charge in [-0.3, -0.25) is 19.5 Å². The molecule has 3 N–H and O–H groups in total.